The van der Waals surface area contributed by atoms with Crippen LogP contribution in [0.3, 0.4) is 0 Å². The molecular weight excluding hydrogens is 388 g/mol. The van der Waals surface area contributed by atoms with E-state index in [9.17, 15) is 14.4 Å². The van der Waals surface area contributed by atoms with Crippen LogP contribution >= 0.6 is 11.8 Å². The number of nitrogens with zero attached hydrogens (tertiary/aromatic N) is 1. The van der Waals surface area contributed by atoms with E-state index >= 15 is 0 Å². The molecule has 3 amide bonds. The largest absolute Gasteiger partial charge is 0.493 e. The molecule has 0 spiro atoms. The second-order valence-electron chi connectivity index (χ2n) is 6.96. The van der Waals surface area contributed by atoms with E-state index in [1.54, 1.807) is 30.3 Å². The van der Waals surface area contributed by atoms with Gasteiger partial charge in [-0.2, -0.15) is 0 Å². The Kier molecular flexibility index (Phi) is 6.72. The summed E-state index contributed by atoms with van der Waals surface area (Å²) in [7, 11) is 0. The lowest BCUT2D eigenvalue weighted by Gasteiger charge is -2.12. The summed E-state index contributed by atoms with van der Waals surface area (Å²) >= 11 is 0.831. The third kappa shape index (κ3) is 5.71. The number of rotatable bonds is 7. The second-order valence-corrected chi connectivity index (χ2v) is 7.95. The molecule has 6 nitrogen and oxygen atoms in total. The highest BCUT2D eigenvalue weighted by Crippen LogP contribution is 2.32. The number of hydrogen-bond acceptors (Lipinski definition) is 5. The molecule has 2 aromatic carbocycles. The predicted octanol–water partition coefficient (Wildman–Crippen LogP) is 4.40. The molecular formula is C22H22N2O4S. The average Bonchev–Trinajstić information content (AvgIpc) is 2.95. The highest BCUT2D eigenvalue weighted by atomic mass is 32.2. The van der Waals surface area contributed by atoms with E-state index < -0.39 is 17.1 Å². The van der Waals surface area contributed by atoms with Gasteiger partial charge in [0.05, 0.1) is 11.5 Å². The molecule has 1 N–H and O–H groups in total. The van der Waals surface area contributed by atoms with Crippen LogP contribution in [-0.4, -0.2) is 35.1 Å². The fraction of sp³-hybridized carbons (Fsp3) is 0.227. The Hall–Kier alpha value is -3.06. The van der Waals surface area contributed by atoms with E-state index in [1.165, 1.54) is 0 Å². The molecule has 0 aliphatic carbocycles. The van der Waals surface area contributed by atoms with Crippen molar-refractivity contribution in [3.63, 3.8) is 0 Å². The molecule has 0 atom stereocenters. The molecule has 0 radical (unpaired) electrons. The van der Waals surface area contributed by atoms with Gasteiger partial charge in [-0.15, -0.1) is 0 Å². The van der Waals surface area contributed by atoms with Crippen LogP contribution in [0, 0.1) is 5.92 Å². The molecule has 0 saturated carbocycles. The van der Waals surface area contributed by atoms with Gasteiger partial charge in [-0.1, -0.05) is 44.2 Å². The van der Waals surface area contributed by atoms with Crippen LogP contribution in [0.2, 0.25) is 0 Å². The van der Waals surface area contributed by atoms with Crippen molar-refractivity contribution in [2.24, 2.45) is 5.92 Å². The van der Waals surface area contributed by atoms with Gasteiger partial charge in [-0.3, -0.25) is 19.3 Å². The molecule has 150 valence electrons. The molecule has 1 aliphatic rings. The molecule has 0 unspecified atom stereocenters. The number of carbonyl (C=O) groups is 3. The number of hydrogen-bond donors (Lipinski definition) is 1. The molecule has 1 saturated heterocycles. The fourth-order valence-corrected chi connectivity index (χ4v) is 3.41. The summed E-state index contributed by atoms with van der Waals surface area (Å²) in [5, 5.41) is 2.22. The lowest BCUT2D eigenvalue weighted by molar-refractivity contribution is -0.127. The first kappa shape index (κ1) is 20.7. The lowest BCUT2D eigenvalue weighted by atomic mass is 10.2. The Morgan fingerprint density at radius 2 is 1.79 bits per heavy atom. The van der Waals surface area contributed by atoms with Crippen LogP contribution < -0.4 is 10.1 Å². The Bertz CT molecular complexity index is 924. The lowest BCUT2D eigenvalue weighted by Crippen LogP contribution is -2.36. The maximum atomic E-state index is 12.6. The summed E-state index contributed by atoms with van der Waals surface area (Å²) in [5.74, 6) is 0.289. The van der Waals surface area contributed by atoms with Gasteiger partial charge in [0.2, 0.25) is 5.91 Å². The molecule has 29 heavy (non-hydrogen) atoms. The first-order valence-electron chi connectivity index (χ1n) is 9.25. The van der Waals surface area contributed by atoms with Crippen LogP contribution in [0.5, 0.6) is 5.75 Å². The third-order valence-electron chi connectivity index (χ3n) is 3.99. The Balaban J connectivity index is 1.62. The van der Waals surface area contributed by atoms with Crippen LogP contribution in [0.25, 0.3) is 6.08 Å². The quantitative estimate of drug-likeness (QED) is 0.685. The number of ether oxygens (including phenoxy) is 1. The zero-order valence-corrected chi connectivity index (χ0v) is 17.1. The van der Waals surface area contributed by atoms with Crippen LogP contribution in [-0.2, 0) is 9.59 Å². The summed E-state index contributed by atoms with van der Waals surface area (Å²) in [5.41, 5.74) is 1.39. The van der Waals surface area contributed by atoms with E-state index in [1.807, 2.05) is 30.3 Å². The van der Waals surface area contributed by atoms with Gasteiger partial charge in [-0.25, -0.2) is 0 Å². The predicted molar refractivity (Wildman–Crippen MR) is 115 cm³/mol. The highest BCUT2D eigenvalue weighted by molar-refractivity contribution is 8.18. The van der Waals surface area contributed by atoms with Crippen molar-refractivity contribution in [2.45, 2.75) is 13.8 Å². The van der Waals surface area contributed by atoms with Crippen LogP contribution in [0.15, 0.2) is 59.5 Å². The van der Waals surface area contributed by atoms with Crippen LogP contribution in [0.4, 0.5) is 10.5 Å². The van der Waals surface area contributed by atoms with Crippen molar-refractivity contribution in [1.29, 1.82) is 0 Å². The molecule has 1 fully saturated rings. The van der Waals surface area contributed by atoms with E-state index in [2.05, 4.69) is 19.2 Å². The van der Waals surface area contributed by atoms with Crippen molar-refractivity contribution in [3.05, 3.63) is 65.1 Å². The van der Waals surface area contributed by atoms with Crippen LogP contribution in [0.1, 0.15) is 19.4 Å². The van der Waals surface area contributed by atoms with E-state index in [4.69, 9.17) is 4.74 Å². The smallest absolute Gasteiger partial charge is 0.294 e. The Labute approximate surface area is 173 Å². The summed E-state index contributed by atoms with van der Waals surface area (Å²) in [6, 6.07) is 16.2. The third-order valence-corrected chi connectivity index (χ3v) is 4.90. The Morgan fingerprint density at radius 3 is 2.45 bits per heavy atom. The highest BCUT2D eigenvalue weighted by Gasteiger charge is 2.36. The van der Waals surface area contributed by atoms with Gasteiger partial charge < -0.3 is 10.1 Å². The number of para-hydroxylation sites is 1. The second kappa shape index (κ2) is 9.43. The molecule has 7 heteroatoms. The number of nitrogens with one attached hydrogen (secondary N) is 1. The summed E-state index contributed by atoms with van der Waals surface area (Å²) in [4.78, 5) is 38.2. The summed E-state index contributed by atoms with van der Waals surface area (Å²) < 4.78 is 5.64. The van der Waals surface area contributed by atoms with Crippen molar-refractivity contribution in [1.82, 2.24) is 4.90 Å². The standard InChI is InChI=1S/C22H22N2O4S/c1-15(2)14-28-18-10-8-16(9-11-18)12-19-21(26)24(22(27)29-19)13-20(25)23-17-6-4-3-5-7-17/h3-12,15H,13-14H2,1-2H3,(H,23,25)/b19-12-. The molecule has 1 aliphatic heterocycles. The van der Waals surface area contributed by atoms with Gasteiger partial charge in [0.1, 0.15) is 12.3 Å². The first-order valence-corrected chi connectivity index (χ1v) is 10.1. The molecule has 0 aromatic heterocycles. The number of benzene rings is 2. The van der Waals surface area contributed by atoms with Gasteiger partial charge >= 0.3 is 0 Å². The zero-order valence-electron chi connectivity index (χ0n) is 16.3. The first-order chi connectivity index (χ1) is 13.9. The zero-order chi connectivity index (χ0) is 20.8. The topological polar surface area (TPSA) is 75.7 Å². The minimum Gasteiger partial charge on any atom is -0.493 e. The van der Waals surface area contributed by atoms with Gasteiger partial charge in [0.15, 0.2) is 0 Å². The summed E-state index contributed by atoms with van der Waals surface area (Å²) in [6.45, 7) is 4.46. The average molecular weight is 410 g/mol. The Morgan fingerprint density at radius 1 is 1.10 bits per heavy atom. The van der Waals surface area contributed by atoms with Crippen molar-refractivity contribution < 1.29 is 19.1 Å². The number of thioether (sulfide) groups is 1. The van der Waals surface area contributed by atoms with Crippen molar-refractivity contribution in [2.75, 3.05) is 18.5 Å². The molecule has 2 aromatic rings. The van der Waals surface area contributed by atoms with Gasteiger partial charge in [-0.05, 0) is 53.6 Å². The number of anilines is 1. The van der Waals surface area contributed by atoms with Crippen molar-refractivity contribution >= 4 is 40.6 Å². The number of imide groups is 1. The maximum absolute atomic E-state index is 12.6. The maximum Gasteiger partial charge on any atom is 0.294 e. The fourth-order valence-electron chi connectivity index (χ4n) is 2.58. The minimum absolute atomic E-state index is 0.290. The normalized spacial score (nSPS) is 15.3. The molecule has 1 heterocycles. The van der Waals surface area contributed by atoms with E-state index in [0.29, 0.717) is 23.1 Å². The number of carbonyl (C=O) groups excluding carboxylic acids is 3. The van der Waals surface area contributed by atoms with Gasteiger partial charge in [0, 0.05) is 5.69 Å². The summed E-state index contributed by atoms with van der Waals surface area (Å²) in [6.07, 6.45) is 1.65. The van der Waals surface area contributed by atoms with Gasteiger partial charge in [0.25, 0.3) is 11.1 Å². The molecule has 0 bridgehead atoms. The van der Waals surface area contributed by atoms with E-state index in [-0.39, 0.29) is 6.54 Å². The van der Waals surface area contributed by atoms with Crippen molar-refractivity contribution in [3.8, 4) is 5.75 Å². The number of amides is 3. The molecule has 3 rings (SSSR count). The van der Waals surface area contributed by atoms with E-state index in [0.717, 1.165) is 28.0 Å². The minimum atomic E-state index is -0.469. The SMILES string of the molecule is CC(C)COc1ccc(/C=C2\SC(=O)N(CC(=O)Nc3ccccc3)C2=O)cc1. The monoisotopic (exact) mass is 410 g/mol.